The van der Waals surface area contributed by atoms with E-state index in [0.717, 1.165) is 32.5 Å². The minimum Gasteiger partial charge on any atom is -0.379 e. The van der Waals surface area contributed by atoms with Crippen molar-refractivity contribution in [3.05, 3.63) is 0 Å². The summed E-state index contributed by atoms with van der Waals surface area (Å²) in [4.78, 5) is 59.9. The molecule has 0 aliphatic rings. The van der Waals surface area contributed by atoms with Gasteiger partial charge in [0.2, 0.25) is 17.7 Å². The number of urea groups is 1. The number of rotatable bonds is 32. The van der Waals surface area contributed by atoms with E-state index in [-0.39, 0.29) is 42.7 Å². The van der Waals surface area contributed by atoms with Crippen molar-refractivity contribution in [1.82, 2.24) is 31.1 Å². The van der Waals surface area contributed by atoms with Crippen molar-refractivity contribution in [1.29, 1.82) is 0 Å². The van der Waals surface area contributed by atoms with Crippen molar-refractivity contribution < 1.29 is 42.9 Å². The molecule has 2 unspecified atom stereocenters. The number of nitrogens with two attached hydrogens (primary N) is 3. The maximum Gasteiger partial charge on any atom is 0.312 e. The third kappa shape index (κ3) is 33.5. The fourth-order valence-corrected chi connectivity index (χ4v) is 3.96. The van der Waals surface area contributed by atoms with Crippen LogP contribution in [0.1, 0.15) is 39.5 Å². The number of aldehydes is 1. The summed E-state index contributed by atoms with van der Waals surface area (Å²) in [5.74, 6) is -0.563. The van der Waals surface area contributed by atoms with Gasteiger partial charge in [0, 0.05) is 58.7 Å². The van der Waals surface area contributed by atoms with Crippen LogP contribution in [0.5, 0.6) is 0 Å². The van der Waals surface area contributed by atoms with E-state index < -0.39 is 12.1 Å². The third-order valence-electron chi connectivity index (χ3n) is 6.98. The number of nitrogens with one attached hydrogen (secondary N) is 4. The summed E-state index contributed by atoms with van der Waals surface area (Å²) in [6.45, 7) is 12.0. The number of carbonyl (C=O) groups is 5. The lowest BCUT2D eigenvalue weighted by atomic mass is 10.1. The number of carbonyl (C=O) groups excluding carboxylic acids is 5. The summed E-state index contributed by atoms with van der Waals surface area (Å²) in [7, 11) is 5.73. The number of likely N-dealkylation sites (N-methyl/N-ethyl adjacent to an activating group) is 2. The number of ether oxygens (including phenoxy) is 4. The molecule has 0 saturated heterocycles. The molecule has 2 atom stereocenters. The van der Waals surface area contributed by atoms with Crippen LogP contribution >= 0.6 is 0 Å². The molecule has 0 heterocycles. The SMILES string of the molecule is CC(C)C(C=O)NC(=O)CCOCCOCCOCCOCCC(=O)NCCN(CCN)CCN(C)C.CNC(CCCNC(N)=O)C(N)=O. The molecular weight excluding hydrogens is 654 g/mol. The van der Waals surface area contributed by atoms with Crippen LogP contribution in [0.2, 0.25) is 0 Å². The second-order valence-electron chi connectivity index (χ2n) is 11.9. The first-order chi connectivity index (χ1) is 23.9. The zero-order valence-corrected chi connectivity index (χ0v) is 31.0. The van der Waals surface area contributed by atoms with E-state index in [4.69, 9.17) is 36.1 Å². The Labute approximate surface area is 298 Å². The van der Waals surface area contributed by atoms with E-state index in [1.165, 1.54) is 0 Å². The minimum absolute atomic E-state index is 0.0295. The average molecular weight is 722 g/mol. The van der Waals surface area contributed by atoms with Crippen molar-refractivity contribution in [3.63, 3.8) is 0 Å². The van der Waals surface area contributed by atoms with Crippen LogP contribution < -0.4 is 38.5 Å². The van der Waals surface area contributed by atoms with Crippen molar-refractivity contribution in [2.75, 3.05) is 120 Å². The largest absolute Gasteiger partial charge is 0.379 e. The summed E-state index contributed by atoms with van der Waals surface area (Å²) >= 11 is 0. The van der Waals surface area contributed by atoms with E-state index in [1.54, 1.807) is 7.05 Å². The van der Waals surface area contributed by atoms with Crippen LogP contribution in [0.15, 0.2) is 0 Å². The summed E-state index contributed by atoms with van der Waals surface area (Å²) in [6.07, 6.45) is 2.52. The Balaban J connectivity index is 0. The maximum atomic E-state index is 11.9. The smallest absolute Gasteiger partial charge is 0.312 e. The Morgan fingerprint density at radius 3 is 1.72 bits per heavy atom. The third-order valence-corrected chi connectivity index (χ3v) is 6.98. The van der Waals surface area contributed by atoms with Crippen molar-refractivity contribution >= 4 is 30.0 Å². The number of hydrogen-bond acceptors (Lipinski definition) is 13. The van der Waals surface area contributed by atoms with Gasteiger partial charge in [-0.1, -0.05) is 13.8 Å². The minimum atomic E-state index is -0.555. The monoisotopic (exact) mass is 722 g/mol. The number of hydrogen-bond donors (Lipinski definition) is 7. The molecule has 0 radical (unpaired) electrons. The standard InChI is InChI=1S/C25H51N5O7.C7H16N4O2/c1-22(2)23(21-31)28-25(33)6-14-35-16-18-37-20-19-36-17-15-34-13-5-24(32)27-8-10-30(9-7-26)12-11-29(3)4;1-10-5(6(8)12)3-2-4-11-7(9)13/h21-23H,5-20,26H2,1-4H3,(H,27,32)(H,28,33);5,10H,2-4H2,1H3,(H2,8,12)(H3,9,11,13). The van der Waals surface area contributed by atoms with Gasteiger partial charge in [-0.05, 0) is 39.9 Å². The zero-order valence-electron chi connectivity index (χ0n) is 31.0. The van der Waals surface area contributed by atoms with Gasteiger partial charge >= 0.3 is 6.03 Å². The van der Waals surface area contributed by atoms with Gasteiger partial charge in [0.15, 0.2) is 0 Å². The highest BCUT2D eigenvalue weighted by Gasteiger charge is 2.15. The van der Waals surface area contributed by atoms with Crippen LogP contribution in [0.4, 0.5) is 4.79 Å². The van der Waals surface area contributed by atoms with Gasteiger partial charge in [-0.25, -0.2) is 4.79 Å². The highest BCUT2D eigenvalue weighted by molar-refractivity contribution is 5.80. The molecule has 0 saturated carbocycles. The lowest BCUT2D eigenvalue weighted by molar-refractivity contribution is -0.125. The van der Waals surface area contributed by atoms with E-state index in [2.05, 4.69) is 31.1 Å². The van der Waals surface area contributed by atoms with E-state index in [9.17, 15) is 24.0 Å². The van der Waals surface area contributed by atoms with Crippen molar-refractivity contribution in [2.45, 2.75) is 51.6 Å². The number of primary amides is 2. The fourth-order valence-electron chi connectivity index (χ4n) is 3.96. The average Bonchev–Trinajstić information content (AvgIpc) is 3.06. The lowest BCUT2D eigenvalue weighted by Gasteiger charge is -2.23. The molecular formula is C32H67N9O9. The molecule has 10 N–H and O–H groups in total. The summed E-state index contributed by atoms with van der Waals surface area (Å²) in [5, 5.41) is 10.8. The maximum absolute atomic E-state index is 11.9. The molecule has 50 heavy (non-hydrogen) atoms. The Hall–Kier alpha value is -2.97. The summed E-state index contributed by atoms with van der Waals surface area (Å²) < 4.78 is 21.6. The highest BCUT2D eigenvalue weighted by atomic mass is 16.6. The van der Waals surface area contributed by atoms with Crippen LogP contribution in [0.25, 0.3) is 0 Å². The van der Waals surface area contributed by atoms with Crippen LogP contribution in [-0.4, -0.2) is 172 Å². The molecule has 0 fully saturated rings. The molecule has 0 bridgehead atoms. The van der Waals surface area contributed by atoms with Gasteiger partial charge in [0.25, 0.3) is 0 Å². The number of nitrogens with zero attached hydrogens (tertiary/aromatic N) is 2. The Bertz CT molecular complexity index is 886. The Morgan fingerprint density at radius 2 is 1.28 bits per heavy atom. The molecule has 0 spiro atoms. The quantitative estimate of drug-likeness (QED) is 0.0283. The molecule has 0 aliphatic carbocycles. The van der Waals surface area contributed by atoms with Gasteiger partial charge in [-0.15, -0.1) is 0 Å². The normalized spacial score (nSPS) is 12.3. The molecule has 0 aromatic rings. The molecule has 294 valence electrons. The molecule has 18 heteroatoms. The Kier molecular flexibility index (Phi) is 33.9. The topological polar surface area (TPSA) is 255 Å². The first kappa shape index (κ1) is 49.1. The highest BCUT2D eigenvalue weighted by Crippen LogP contribution is 1.99. The van der Waals surface area contributed by atoms with Gasteiger partial charge in [0.05, 0.1) is 64.9 Å². The van der Waals surface area contributed by atoms with Crippen molar-refractivity contribution in [2.24, 2.45) is 23.1 Å². The van der Waals surface area contributed by atoms with Gasteiger partial charge in [-0.2, -0.15) is 0 Å². The fraction of sp³-hybridized carbons (Fsp3) is 0.844. The van der Waals surface area contributed by atoms with Crippen LogP contribution in [0, 0.1) is 5.92 Å². The first-order valence-corrected chi connectivity index (χ1v) is 17.3. The molecule has 0 rings (SSSR count). The molecule has 18 nitrogen and oxygen atoms in total. The van der Waals surface area contributed by atoms with E-state index in [1.807, 2.05) is 27.9 Å². The summed E-state index contributed by atoms with van der Waals surface area (Å²) in [5.41, 5.74) is 15.6. The second-order valence-corrected chi connectivity index (χ2v) is 11.9. The second kappa shape index (κ2) is 34.5. The molecule has 5 amide bonds. The molecule has 0 aliphatic heterocycles. The van der Waals surface area contributed by atoms with Gasteiger partial charge in [-0.3, -0.25) is 19.3 Å². The number of amides is 5. The molecule has 0 aromatic carbocycles. The van der Waals surface area contributed by atoms with Gasteiger partial charge < -0.3 is 67.1 Å². The van der Waals surface area contributed by atoms with Crippen LogP contribution in [-0.2, 0) is 38.1 Å². The predicted octanol–water partition coefficient (Wildman–Crippen LogP) is -2.38. The van der Waals surface area contributed by atoms with E-state index >= 15 is 0 Å². The summed E-state index contributed by atoms with van der Waals surface area (Å²) in [6, 6.07) is -1.36. The van der Waals surface area contributed by atoms with E-state index in [0.29, 0.717) is 85.1 Å². The van der Waals surface area contributed by atoms with Gasteiger partial charge in [0.1, 0.15) is 6.29 Å². The molecule has 0 aromatic heterocycles. The lowest BCUT2D eigenvalue weighted by Crippen LogP contribution is -2.40. The predicted molar refractivity (Wildman–Crippen MR) is 191 cm³/mol. The van der Waals surface area contributed by atoms with Crippen molar-refractivity contribution in [3.8, 4) is 0 Å². The van der Waals surface area contributed by atoms with Crippen LogP contribution in [0.3, 0.4) is 0 Å². The Morgan fingerprint density at radius 1 is 0.740 bits per heavy atom. The zero-order chi connectivity index (χ0) is 38.0. The first-order valence-electron chi connectivity index (χ1n) is 17.3.